The largest absolute Gasteiger partial charge is 0.193 e. The van der Waals surface area contributed by atoms with Crippen molar-refractivity contribution in [1.29, 1.82) is 5.26 Å². The monoisotopic (exact) mass is 281 g/mol. The van der Waals surface area contributed by atoms with E-state index in [2.05, 4.69) is 38.1 Å². The Labute approximate surface area is 129 Å². The third-order valence-electron chi connectivity index (χ3n) is 7.76. The molecule has 0 bridgehead atoms. The van der Waals surface area contributed by atoms with E-state index in [4.69, 9.17) is 0 Å². The average Bonchev–Trinajstić information content (AvgIpc) is 2.87. The maximum Gasteiger partial charge on any atom is 0.0943 e. The molecule has 2 fully saturated rings. The summed E-state index contributed by atoms with van der Waals surface area (Å²) in [5.41, 5.74) is 1.94. The zero-order chi connectivity index (χ0) is 14.7. The highest BCUT2D eigenvalue weighted by Gasteiger charge is 2.56. The molecule has 6 atom stereocenters. The molecule has 0 aromatic carbocycles. The van der Waals surface area contributed by atoms with E-state index in [0.29, 0.717) is 10.8 Å². The molecule has 0 amide bonds. The molecule has 4 aliphatic carbocycles. The smallest absolute Gasteiger partial charge is 0.0943 e. The van der Waals surface area contributed by atoms with E-state index in [-0.39, 0.29) is 0 Å². The minimum Gasteiger partial charge on any atom is -0.193 e. The maximum absolute atomic E-state index is 9.35. The lowest BCUT2D eigenvalue weighted by atomic mass is 9.45. The lowest BCUT2D eigenvalue weighted by Crippen LogP contribution is -2.51. The van der Waals surface area contributed by atoms with E-state index in [1.165, 1.54) is 32.1 Å². The van der Waals surface area contributed by atoms with Crippen LogP contribution in [0.2, 0.25) is 0 Å². The van der Waals surface area contributed by atoms with Crippen molar-refractivity contribution in [3.05, 3.63) is 23.8 Å². The number of allylic oxidation sites excluding steroid dienone is 4. The molecule has 2 saturated carbocycles. The fourth-order valence-electron chi connectivity index (χ4n) is 6.53. The van der Waals surface area contributed by atoms with Crippen molar-refractivity contribution in [3.8, 4) is 6.07 Å². The molecule has 4 aliphatic rings. The summed E-state index contributed by atoms with van der Waals surface area (Å²) in [5, 5.41) is 9.35. The van der Waals surface area contributed by atoms with Gasteiger partial charge in [0.05, 0.1) is 6.07 Å². The van der Waals surface area contributed by atoms with Crippen molar-refractivity contribution in [3.63, 3.8) is 0 Å². The Morgan fingerprint density at radius 1 is 1.14 bits per heavy atom. The minimum atomic E-state index is 0.395. The number of nitrogens with zero attached hydrogens (tertiary/aromatic N) is 1. The summed E-state index contributed by atoms with van der Waals surface area (Å²) in [6.45, 7) is 5.01. The molecule has 1 heteroatoms. The Kier molecular flexibility index (Phi) is 2.91. The predicted octanol–water partition coefficient (Wildman–Crippen LogP) is 5.26. The third kappa shape index (κ3) is 1.81. The summed E-state index contributed by atoms with van der Waals surface area (Å²) < 4.78 is 0. The van der Waals surface area contributed by atoms with Crippen LogP contribution in [-0.4, -0.2) is 0 Å². The van der Waals surface area contributed by atoms with Crippen molar-refractivity contribution < 1.29 is 0 Å². The standard InChI is InChI=1S/C20H27N/c1-19-10-3-4-17(19)16-8-7-15-6-5-14(13-21)12-20(15,2)18(16)9-11-19/h3,5,10,15-18H,4,6-9,11-12H2,1-2H3/t15?,16-,17-,18-,19-,20-/m0/s1. The zero-order valence-corrected chi connectivity index (χ0v) is 13.4. The van der Waals surface area contributed by atoms with Gasteiger partial charge in [-0.25, -0.2) is 0 Å². The first-order valence-corrected chi connectivity index (χ1v) is 8.84. The Balaban J connectivity index is 1.67. The molecule has 0 radical (unpaired) electrons. The Hall–Kier alpha value is -1.03. The number of fused-ring (bicyclic) bond motifs is 5. The van der Waals surface area contributed by atoms with Crippen LogP contribution in [-0.2, 0) is 0 Å². The molecular formula is C20H27N. The molecule has 0 heterocycles. The molecule has 0 N–H and O–H groups in total. The molecule has 1 nitrogen and oxygen atoms in total. The third-order valence-corrected chi connectivity index (χ3v) is 7.76. The van der Waals surface area contributed by atoms with Crippen molar-refractivity contribution in [2.24, 2.45) is 34.5 Å². The van der Waals surface area contributed by atoms with E-state index >= 15 is 0 Å². The second kappa shape index (κ2) is 4.48. The predicted molar refractivity (Wildman–Crippen MR) is 85.3 cm³/mol. The zero-order valence-electron chi connectivity index (χ0n) is 13.4. The minimum absolute atomic E-state index is 0.395. The maximum atomic E-state index is 9.35. The summed E-state index contributed by atoms with van der Waals surface area (Å²) in [7, 11) is 0. The summed E-state index contributed by atoms with van der Waals surface area (Å²) in [5.74, 6) is 3.46. The molecule has 0 spiro atoms. The van der Waals surface area contributed by atoms with E-state index in [1.54, 1.807) is 0 Å². The summed E-state index contributed by atoms with van der Waals surface area (Å²) in [4.78, 5) is 0. The van der Waals surface area contributed by atoms with Gasteiger partial charge >= 0.3 is 0 Å². The summed E-state index contributed by atoms with van der Waals surface area (Å²) in [6.07, 6.45) is 16.3. The van der Waals surface area contributed by atoms with Crippen LogP contribution in [0, 0.1) is 45.8 Å². The fourth-order valence-corrected chi connectivity index (χ4v) is 6.53. The van der Waals surface area contributed by atoms with Gasteiger partial charge in [0.1, 0.15) is 0 Å². The first-order chi connectivity index (χ1) is 10.1. The molecule has 0 aromatic heterocycles. The number of hydrogen-bond donors (Lipinski definition) is 0. The van der Waals surface area contributed by atoms with Gasteiger partial charge in [0.2, 0.25) is 0 Å². The molecule has 0 aliphatic heterocycles. The molecule has 1 unspecified atom stereocenters. The van der Waals surface area contributed by atoms with Crippen molar-refractivity contribution in [2.45, 2.75) is 58.8 Å². The normalized spacial score (nSPS) is 51.4. The van der Waals surface area contributed by atoms with Crippen molar-refractivity contribution >= 4 is 0 Å². The lowest BCUT2D eigenvalue weighted by molar-refractivity contribution is -0.0812. The van der Waals surface area contributed by atoms with Gasteiger partial charge in [-0.15, -0.1) is 0 Å². The van der Waals surface area contributed by atoms with Crippen molar-refractivity contribution in [1.82, 2.24) is 0 Å². The Bertz CT molecular complexity index is 551. The van der Waals surface area contributed by atoms with Crippen LogP contribution < -0.4 is 0 Å². The Morgan fingerprint density at radius 2 is 2.00 bits per heavy atom. The van der Waals surface area contributed by atoms with E-state index < -0.39 is 0 Å². The van der Waals surface area contributed by atoms with Crippen LogP contribution in [0.5, 0.6) is 0 Å². The first-order valence-electron chi connectivity index (χ1n) is 8.84. The highest BCUT2D eigenvalue weighted by molar-refractivity contribution is 5.27. The number of nitriles is 1. The molecular weight excluding hydrogens is 254 g/mol. The highest BCUT2D eigenvalue weighted by Crippen LogP contribution is 2.64. The number of hydrogen-bond acceptors (Lipinski definition) is 1. The summed E-state index contributed by atoms with van der Waals surface area (Å²) in [6, 6.07) is 2.46. The quantitative estimate of drug-likeness (QED) is 0.556. The van der Waals surface area contributed by atoms with Crippen LogP contribution in [0.4, 0.5) is 0 Å². The second-order valence-corrected chi connectivity index (χ2v) is 8.59. The van der Waals surface area contributed by atoms with Crippen LogP contribution in [0.15, 0.2) is 23.8 Å². The van der Waals surface area contributed by atoms with Gasteiger partial charge in [0.25, 0.3) is 0 Å². The van der Waals surface area contributed by atoms with Crippen LogP contribution in [0.1, 0.15) is 58.8 Å². The SMILES string of the molecule is C[C@@]12C=CC[C@H]1[C@@H]1CCC3CC=C(C#N)C[C@]3(C)[C@H]1CC2. The lowest BCUT2D eigenvalue weighted by Gasteiger charge is -2.59. The highest BCUT2D eigenvalue weighted by atomic mass is 14.6. The molecule has 4 rings (SSSR count). The molecule has 21 heavy (non-hydrogen) atoms. The number of rotatable bonds is 0. The Morgan fingerprint density at radius 3 is 2.81 bits per heavy atom. The fraction of sp³-hybridized carbons (Fsp3) is 0.750. The van der Waals surface area contributed by atoms with Crippen LogP contribution in [0.3, 0.4) is 0 Å². The van der Waals surface area contributed by atoms with E-state index in [0.717, 1.165) is 42.1 Å². The van der Waals surface area contributed by atoms with Gasteiger partial charge < -0.3 is 0 Å². The first kappa shape index (κ1) is 13.6. The van der Waals surface area contributed by atoms with E-state index in [1.807, 2.05) is 0 Å². The van der Waals surface area contributed by atoms with Crippen molar-refractivity contribution in [2.75, 3.05) is 0 Å². The van der Waals surface area contributed by atoms with Gasteiger partial charge in [0.15, 0.2) is 0 Å². The molecule has 112 valence electrons. The second-order valence-electron chi connectivity index (χ2n) is 8.59. The molecule has 0 aromatic rings. The van der Waals surface area contributed by atoms with Gasteiger partial charge in [-0.1, -0.05) is 32.1 Å². The van der Waals surface area contributed by atoms with E-state index in [9.17, 15) is 5.26 Å². The topological polar surface area (TPSA) is 23.8 Å². The van der Waals surface area contributed by atoms with Gasteiger partial charge in [-0.05, 0) is 79.4 Å². The molecule has 0 saturated heterocycles. The average molecular weight is 281 g/mol. The van der Waals surface area contributed by atoms with Crippen LogP contribution in [0.25, 0.3) is 0 Å². The van der Waals surface area contributed by atoms with Crippen LogP contribution >= 0.6 is 0 Å². The van der Waals surface area contributed by atoms with Gasteiger partial charge in [-0.2, -0.15) is 5.26 Å². The van der Waals surface area contributed by atoms with Gasteiger partial charge in [-0.3, -0.25) is 0 Å². The van der Waals surface area contributed by atoms with Gasteiger partial charge in [0, 0.05) is 5.57 Å². The summed E-state index contributed by atoms with van der Waals surface area (Å²) >= 11 is 0.